The van der Waals surface area contributed by atoms with Gasteiger partial charge in [-0.2, -0.15) is 4.98 Å². The van der Waals surface area contributed by atoms with Crippen molar-refractivity contribution in [2.24, 2.45) is 0 Å². The second-order valence-electron chi connectivity index (χ2n) is 8.65. The maximum absolute atomic E-state index is 12.7. The van der Waals surface area contributed by atoms with E-state index in [1.807, 2.05) is 30.3 Å². The van der Waals surface area contributed by atoms with E-state index in [-0.39, 0.29) is 18.5 Å². The molecule has 38 heavy (non-hydrogen) atoms. The van der Waals surface area contributed by atoms with Crippen LogP contribution in [0.2, 0.25) is 5.02 Å². The number of pyridine rings is 1. The van der Waals surface area contributed by atoms with Gasteiger partial charge in [-0.05, 0) is 54.6 Å². The van der Waals surface area contributed by atoms with Crippen LogP contribution in [0.5, 0.6) is 17.2 Å². The Hall–Kier alpha value is -4.31. The van der Waals surface area contributed by atoms with Crippen molar-refractivity contribution >= 4 is 40.3 Å². The molecule has 0 aliphatic carbocycles. The quantitative estimate of drug-likeness (QED) is 0.379. The van der Waals surface area contributed by atoms with Gasteiger partial charge in [-0.25, -0.2) is 9.97 Å². The fraction of sp³-hybridized carbons (Fsp3) is 0.259. The summed E-state index contributed by atoms with van der Waals surface area (Å²) in [5.74, 6) is 2.57. The van der Waals surface area contributed by atoms with E-state index < -0.39 is 0 Å². The summed E-state index contributed by atoms with van der Waals surface area (Å²) in [6.45, 7) is 2.13. The number of nitrogens with zero attached hydrogens (tertiary/aromatic N) is 5. The molecule has 0 bridgehead atoms. The molecule has 196 valence electrons. The maximum Gasteiger partial charge on any atom is 0.260 e. The summed E-state index contributed by atoms with van der Waals surface area (Å²) in [6, 6.07) is 16.3. The van der Waals surface area contributed by atoms with Crippen LogP contribution in [-0.4, -0.2) is 72.8 Å². The minimum absolute atomic E-state index is 0.0404. The molecule has 0 atom stereocenters. The highest BCUT2D eigenvalue weighted by molar-refractivity contribution is 6.30. The molecule has 1 saturated heterocycles. The van der Waals surface area contributed by atoms with E-state index in [1.54, 1.807) is 43.4 Å². The van der Waals surface area contributed by atoms with Crippen LogP contribution in [0.1, 0.15) is 0 Å². The highest BCUT2D eigenvalue weighted by Crippen LogP contribution is 2.33. The van der Waals surface area contributed by atoms with Crippen LogP contribution in [0.15, 0.2) is 54.6 Å². The fourth-order valence-corrected chi connectivity index (χ4v) is 4.45. The highest BCUT2D eigenvalue weighted by atomic mass is 35.5. The summed E-state index contributed by atoms with van der Waals surface area (Å²) in [6.07, 6.45) is 0. The molecule has 1 amide bonds. The minimum Gasteiger partial charge on any atom is -0.493 e. The molecule has 0 saturated carbocycles. The van der Waals surface area contributed by atoms with Crippen LogP contribution < -0.4 is 24.8 Å². The first kappa shape index (κ1) is 25.3. The molecular formula is C27H27ClN6O4. The molecule has 1 fully saturated rings. The number of benzene rings is 2. The number of aromatic nitrogens is 3. The zero-order valence-corrected chi connectivity index (χ0v) is 21.8. The number of methoxy groups -OCH3 is 2. The number of amides is 1. The van der Waals surface area contributed by atoms with Gasteiger partial charge in [0, 0.05) is 36.8 Å². The van der Waals surface area contributed by atoms with Gasteiger partial charge in [-0.15, -0.1) is 0 Å². The lowest BCUT2D eigenvalue weighted by Crippen LogP contribution is -2.50. The molecule has 2 aromatic carbocycles. The standard InChI is InChI=1S/C27H27ClN6O4/c1-36-22-10-3-17(15-23(22)37-2)20-8-9-21-25(30-20)26(32-27(29)31-21)34-13-11-33(12-14-34)24(35)16-38-19-6-4-18(28)5-7-19/h3-10,15H,11-14,16H2,1-2H3,(H2,29,31,32). The van der Waals surface area contributed by atoms with Crippen molar-refractivity contribution in [1.29, 1.82) is 0 Å². The predicted molar refractivity (Wildman–Crippen MR) is 146 cm³/mol. The van der Waals surface area contributed by atoms with Crippen LogP contribution in [0.3, 0.4) is 0 Å². The first-order valence-electron chi connectivity index (χ1n) is 12.0. The molecule has 0 unspecified atom stereocenters. The Labute approximate surface area is 224 Å². The highest BCUT2D eigenvalue weighted by Gasteiger charge is 2.25. The van der Waals surface area contributed by atoms with Gasteiger partial charge in [0.25, 0.3) is 5.91 Å². The van der Waals surface area contributed by atoms with Gasteiger partial charge >= 0.3 is 0 Å². The van der Waals surface area contributed by atoms with Crippen LogP contribution in [0.4, 0.5) is 11.8 Å². The van der Waals surface area contributed by atoms with E-state index in [0.717, 1.165) is 11.3 Å². The molecule has 11 heteroatoms. The molecule has 1 aliphatic rings. The molecule has 3 heterocycles. The first-order valence-corrected chi connectivity index (χ1v) is 12.4. The molecule has 0 radical (unpaired) electrons. The van der Waals surface area contributed by atoms with Gasteiger partial charge in [-0.3, -0.25) is 4.79 Å². The normalized spacial score (nSPS) is 13.4. The van der Waals surface area contributed by atoms with Gasteiger partial charge < -0.3 is 29.7 Å². The lowest BCUT2D eigenvalue weighted by molar-refractivity contribution is -0.133. The van der Waals surface area contributed by atoms with Gasteiger partial charge in [-0.1, -0.05) is 11.6 Å². The second-order valence-corrected chi connectivity index (χ2v) is 9.09. The van der Waals surface area contributed by atoms with Crippen LogP contribution in [0, 0.1) is 0 Å². The summed E-state index contributed by atoms with van der Waals surface area (Å²) in [4.78, 5) is 30.4. The average Bonchev–Trinajstić information content (AvgIpc) is 2.95. The van der Waals surface area contributed by atoms with E-state index in [9.17, 15) is 4.79 Å². The number of nitrogen functional groups attached to an aromatic ring is 1. The number of rotatable bonds is 7. The number of ether oxygens (including phenoxy) is 3. The van der Waals surface area contributed by atoms with E-state index in [4.69, 9.17) is 36.5 Å². The van der Waals surface area contributed by atoms with Crippen molar-refractivity contribution in [1.82, 2.24) is 19.9 Å². The number of carbonyl (C=O) groups excluding carboxylic acids is 1. The molecular weight excluding hydrogens is 508 g/mol. The number of nitrogens with two attached hydrogens (primary N) is 1. The number of piperazine rings is 1. The van der Waals surface area contributed by atoms with Gasteiger partial charge in [0.15, 0.2) is 23.9 Å². The number of hydrogen-bond donors (Lipinski definition) is 1. The van der Waals surface area contributed by atoms with Crippen molar-refractivity contribution in [3.05, 3.63) is 59.6 Å². The van der Waals surface area contributed by atoms with E-state index in [0.29, 0.717) is 65.3 Å². The van der Waals surface area contributed by atoms with Crippen LogP contribution >= 0.6 is 11.6 Å². The SMILES string of the molecule is COc1ccc(-c2ccc3nc(N)nc(N4CCN(C(=O)COc5ccc(Cl)cc5)CC4)c3n2)cc1OC. The van der Waals surface area contributed by atoms with Gasteiger partial charge in [0.2, 0.25) is 5.95 Å². The molecule has 0 spiro atoms. The largest absolute Gasteiger partial charge is 0.493 e. The summed E-state index contributed by atoms with van der Waals surface area (Å²) < 4.78 is 16.4. The summed E-state index contributed by atoms with van der Waals surface area (Å²) in [5.41, 5.74) is 8.92. The first-order chi connectivity index (χ1) is 18.4. The average molecular weight is 535 g/mol. The Morgan fingerprint density at radius 2 is 1.66 bits per heavy atom. The summed E-state index contributed by atoms with van der Waals surface area (Å²) in [7, 11) is 3.19. The molecule has 1 aliphatic heterocycles. The fourth-order valence-electron chi connectivity index (χ4n) is 4.33. The van der Waals surface area contributed by atoms with Crippen molar-refractivity contribution in [2.75, 3.05) is 57.6 Å². The van der Waals surface area contributed by atoms with Gasteiger partial charge in [0.05, 0.1) is 25.4 Å². The molecule has 2 aromatic heterocycles. The lowest BCUT2D eigenvalue weighted by atomic mass is 10.1. The van der Waals surface area contributed by atoms with Gasteiger partial charge in [0.1, 0.15) is 11.3 Å². The molecule has 5 rings (SSSR count). The van der Waals surface area contributed by atoms with E-state index in [2.05, 4.69) is 14.9 Å². The van der Waals surface area contributed by atoms with Crippen molar-refractivity contribution in [3.63, 3.8) is 0 Å². The molecule has 10 nitrogen and oxygen atoms in total. The molecule has 2 N–H and O–H groups in total. The maximum atomic E-state index is 12.7. The summed E-state index contributed by atoms with van der Waals surface area (Å²) >= 11 is 5.90. The number of hydrogen-bond acceptors (Lipinski definition) is 9. The zero-order valence-electron chi connectivity index (χ0n) is 21.1. The third kappa shape index (κ3) is 5.35. The Morgan fingerprint density at radius 1 is 0.921 bits per heavy atom. The Morgan fingerprint density at radius 3 is 2.37 bits per heavy atom. The lowest BCUT2D eigenvalue weighted by Gasteiger charge is -2.35. The topological polar surface area (TPSA) is 116 Å². The zero-order chi connectivity index (χ0) is 26.6. The Balaban J connectivity index is 1.33. The Bertz CT molecular complexity index is 1460. The third-order valence-electron chi connectivity index (χ3n) is 6.33. The van der Waals surface area contributed by atoms with Crippen LogP contribution in [0.25, 0.3) is 22.3 Å². The monoisotopic (exact) mass is 534 g/mol. The number of fused-ring (bicyclic) bond motifs is 1. The number of anilines is 2. The van der Waals surface area contributed by atoms with Crippen molar-refractivity contribution in [3.8, 4) is 28.5 Å². The Kier molecular flexibility index (Phi) is 7.32. The predicted octanol–water partition coefficient (Wildman–Crippen LogP) is 3.67. The van der Waals surface area contributed by atoms with Crippen LogP contribution in [-0.2, 0) is 4.79 Å². The second kappa shape index (κ2) is 11.0. The summed E-state index contributed by atoms with van der Waals surface area (Å²) in [5, 5.41) is 0.614. The van der Waals surface area contributed by atoms with Crippen molar-refractivity contribution < 1.29 is 19.0 Å². The smallest absolute Gasteiger partial charge is 0.260 e. The number of halogens is 1. The van der Waals surface area contributed by atoms with Crippen molar-refractivity contribution in [2.45, 2.75) is 0 Å². The minimum atomic E-state index is -0.0828. The van der Waals surface area contributed by atoms with E-state index >= 15 is 0 Å². The third-order valence-corrected chi connectivity index (χ3v) is 6.58. The molecule has 4 aromatic rings. The number of carbonyl (C=O) groups is 1. The van der Waals surface area contributed by atoms with E-state index in [1.165, 1.54) is 0 Å².